The molecule has 0 aromatic carbocycles. The zero-order valence-corrected chi connectivity index (χ0v) is 9.16. The molecule has 1 amide bonds. The summed E-state index contributed by atoms with van der Waals surface area (Å²) < 4.78 is 9.98. The highest BCUT2D eigenvalue weighted by Crippen LogP contribution is 2.04. The van der Waals surface area contributed by atoms with Crippen molar-refractivity contribution in [1.29, 1.82) is 0 Å². The average Bonchev–Trinajstić information content (AvgIpc) is 2.69. The van der Waals surface area contributed by atoms with Gasteiger partial charge >= 0.3 is 0 Å². The zero-order valence-electron chi connectivity index (χ0n) is 9.16. The first-order chi connectivity index (χ1) is 7.75. The molecule has 0 aliphatic carbocycles. The minimum Gasteiger partial charge on any atom is -0.383 e. The summed E-state index contributed by atoms with van der Waals surface area (Å²) in [7, 11) is 1.60. The topological polar surface area (TPSA) is 102 Å². The Hall–Kier alpha value is -1.60. The molecule has 16 heavy (non-hydrogen) atoms. The summed E-state index contributed by atoms with van der Waals surface area (Å²) in [6, 6.07) is 0. The molecule has 0 fully saturated rings. The third-order valence-electron chi connectivity index (χ3n) is 1.88. The second kappa shape index (κ2) is 6.81. The van der Waals surface area contributed by atoms with E-state index in [0.717, 1.165) is 0 Å². The van der Waals surface area contributed by atoms with E-state index < -0.39 is 0 Å². The van der Waals surface area contributed by atoms with Gasteiger partial charge in [-0.15, -0.1) is 0 Å². The van der Waals surface area contributed by atoms with Crippen LogP contribution in [-0.4, -0.2) is 49.6 Å². The highest BCUT2D eigenvalue weighted by molar-refractivity contribution is 5.97. The monoisotopic (exact) mass is 228 g/mol. The summed E-state index contributed by atoms with van der Waals surface area (Å²) >= 11 is 0. The molecule has 7 heteroatoms. The first-order valence-corrected chi connectivity index (χ1v) is 4.89. The van der Waals surface area contributed by atoms with Crippen LogP contribution < -0.4 is 11.1 Å². The van der Waals surface area contributed by atoms with E-state index in [9.17, 15) is 4.79 Å². The summed E-state index contributed by atoms with van der Waals surface area (Å²) in [6.07, 6.45) is 1.39. The van der Waals surface area contributed by atoms with Crippen LogP contribution in [0.25, 0.3) is 0 Å². The van der Waals surface area contributed by atoms with E-state index >= 15 is 0 Å². The van der Waals surface area contributed by atoms with Gasteiger partial charge < -0.3 is 20.5 Å². The Morgan fingerprint density at radius 2 is 2.38 bits per heavy atom. The minimum absolute atomic E-state index is 0.262. The lowest BCUT2D eigenvalue weighted by molar-refractivity contribution is 0.0693. The number of nitrogens with zero attached hydrogens (tertiary/aromatic N) is 1. The van der Waals surface area contributed by atoms with Crippen molar-refractivity contribution < 1.29 is 14.3 Å². The Kier molecular flexibility index (Phi) is 5.30. The molecule has 0 saturated carbocycles. The Labute approximate surface area is 93.3 Å². The van der Waals surface area contributed by atoms with Crippen LogP contribution in [0.3, 0.4) is 0 Å². The largest absolute Gasteiger partial charge is 0.383 e. The van der Waals surface area contributed by atoms with Crippen LogP contribution in [0.4, 0.5) is 5.82 Å². The van der Waals surface area contributed by atoms with E-state index in [1.54, 1.807) is 7.11 Å². The summed E-state index contributed by atoms with van der Waals surface area (Å²) in [6.45, 7) is 1.92. The first-order valence-electron chi connectivity index (χ1n) is 4.89. The number of hydrogen-bond acceptors (Lipinski definition) is 5. The molecule has 0 spiro atoms. The lowest BCUT2D eigenvalue weighted by Crippen LogP contribution is -2.27. The quantitative estimate of drug-likeness (QED) is 0.540. The highest BCUT2D eigenvalue weighted by atomic mass is 16.5. The van der Waals surface area contributed by atoms with Crippen LogP contribution in [0, 0.1) is 0 Å². The van der Waals surface area contributed by atoms with Crippen LogP contribution >= 0.6 is 0 Å². The number of carbonyl (C=O) groups is 1. The smallest absolute Gasteiger partial charge is 0.256 e. The number of hydrogen-bond donors (Lipinski definition) is 3. The van der Waals surface area contributed by atoms with E-state index in [0.29, 0.717) is 31.9 Å². The molecule has 0 bridgehead atoms. The number of aromatic nitrogens is 2. The standard InChI is InChI=1S/C9H16N4O3/c1-15-4-5-16-3-2-11-9(14)7-6-12-13-8(7)10/h6H,2-5H2,1H3,(H,11,14)(H3,10,12,13). The molecule has 1 heterocycles. The molecule has 1 aromatic heterocycles. The maximum atomic E-state index is 11.5. The van der Waals surface area contributed by atoms with Crippen molar-refractivity contribution in [3.05, 3.63) is 11.8 Å². The second-order valence-corrected chi connectivity index (χ2v) is 3.06. The van der Waals surface area contributed by atoms with Gasteiger partial charge in [0.15, 0.2) is 0 Å². The molecule has 0 saturated heterocycles. The Morgan fingerprint density at radius 1 is 1.56 bits per heavy atom. The van der Waals surface area contributed by atoms with E-state index in [-0.39, 0.29) is 11.7 Å². The van der Waals surface area contributed by atoms with Crippen LogP contribution in [0.1, 0.15) is 10.4 Å². The van der Waals surface area contributed by atoms with Crippen molar-refractivity contribution in [3.63, 3.8) is 0 Å². The molecule has 1 rings (SSSR count). The summed E-state index contributed by atoms with van der Waals surface area (Å²) in [5, 5.41) is 8.80. The highest BCUT2D eigenvalue weighted by Gasteiger charge is 2.10. The summed E-state index contributed by atoms with van der Waals surface area (Å²) in [5.74, 6) is -0.000562. The fraction of sp³-hybridized carbons (Fsp3) is 0.556. The number of amides is 1. The Balaban J connectivity index is 2.14. The number of nitrogens with two attached hydrogens (primary N) is 1. The van der Waals surface area contributed by atoms with Crippen LogP contribution in [0.15, 0.2) is 6.20 Å². The summed E-state index contributed by atoms with van der Waals surface area (Å²) in [4.78, 5) is 11.5. The number of ether oxygens (including phenoxy) is 2. The molecule has 1 aromatic rings. The predicted octanol–water partition coefficient (Wildman–Crippen LogP) is -0.615. The Morgan fingerprint density at radius 3 is 3.00 bits per heavy atom. The molecular formula is C9H16N4O3. The van der Waals surface area contributed by atoms with Crippen molar-refractivity contribution in [2.24, 2.45) is 0 Å². The van der Waals surface area contributed by atoms with Gasteiger partial charge in [0, 0.05) is 13.7 Å². The minimum atomic E-state index is -0.262. The number of H-pyrrole nitrogens is 1. The Bertz CT molecular complexity index is 326. The lowest BCUT2D eigenvalue weighted by atomic mass is 10.3. The molecule has 7 nitrogen and oxygen atoms in total. The van der Waals surface area contributed by atoms with Crippen molar-refractivity contribution >= 4 is 11.7 Å². The van der Waals surface area contributed by atoms with Crippen molar-refractivity contribution in [3.8, 4) is 0 Å². The van der Waals surface area contributed by atoms with E-state index in [2.05, 4.69) is 15.5 Å². The van der Waals surface area contributed by atoms with Gasteiger partial charge in [-0.2, -0.15) is 5.10 Å². The van der Waals surface area contributed by atoms with Gasteiger partial charge in [-0.1, -0.05) is 0 Å². The fourth-order valence-electron chi connectivity index (χ4n) is 1.05. The number of nitrogens with one attached hydrogen (secondary N) is 2. The predicted molar refractivity (Wildman–Crippen MR) is 58.0 cm³/mol. The molecule has 4 N–H and O–H groups in total. The van der Waals surface area contributed by atoms with E-state index in [4.69, 9.17) is 15.2 Å². The molecule has 0 unspecified atom stereocenters. The zero-order chi connectivity index (χ0) is 11.8. The third-order valence-corrected chi connectivity index (χ3v) is 1.88. The number of nitrogen functional groups attached to an aromatic ring is 1. The fourth-order valence-corrected chi connectivity index (χ4v) is 1.05. The van der Waals surface area contributed by atoms with Gasteiger partial charge in [0.25, 0.3) is 5.91 Å². The van der Waals surface area contributed by atoms with Crippen molar-refractivity contribution in [1.82, 2.24) is 15.5 Å². The number of carbonyl (C=O) groups excluding carboxylic acids is 1. The van der Waals surface area contributed by atoms with Crippen LogP contribution in [0.5, 0.6) is 0 Å². The van der Waals surface area contributed by atoms with Gasteiger partial charge in [-0.05, 0) is 0 Å². The molecular weight excluding hydrogens is 212 g/mol. The lowest BCUT2D eigenvalue weighted by Gasteiger charge is -2.05. The van der Waals surface area contributed by atoms with Gasteiger partial charge in [0.2, 0.25) is 0 Å². The van der Waals surface area contributed by atoms with Gasteiger partial charge in [0.1, 0.15) is 11.4 Å². The molecule has 0 aliphatic rings. The van der Waals surface area contributed by atoms with Gasteiger partial charge in [-0.3, -0.25) is 9.89 Å². The van der Waals surface area contributed by atoms with E-state index in [1.165, 1.54) is 6.20 Å². The van der Waals surface area contributed by atoms with Crippen LogP contribution in [0.2, 0.25) is 0 Å². The van der Waals surface area contributed by atoms with Crippen molar-refractivity contribution in [2.45, 2.75) is 0 Å². The first kappa shape index (κ1) is 12.5. The van der Waals surface area contributed by atoms with E-state index in [1.807, 2.05) is 0 Å². The number of methoxy groups -OCH3 is 1. The third kappa shape index (κ3) is 3.87. The molecule has 0 radical (unpaired) electrons. The molecule has 90 valence electrons. The number of anilines is 1. The SMILES string of the molecule is COCCOCCNC(=O)c1cn[nH]c1N. The number of rotatable bonds is 7. The molecule has 0 aliphatic heterocycles. The maximum Gasteiger partial charge on any atom is 0.256 e. The van der Waals surface area contributed by atoms with Gasteiger partial charge in [-0.25, -0.2) is 0 Å². The molecule has 0 atom stereocenters. The second-order valence-electron chi connectivity index (χ2n) is 3.06. The summed E-state index contributed by atoms with van der Waals surface area (Å²) in [5.41, 5.74) is 5.83. The van der Waals surface area contributed by atoms with Crippen molar-refractivity contribution in [2.75, 3.05) is 39.2 Å². The maximum absolute atomic E-state index is 11.5. The van der Waals surface area contributed by atoms with Gasteiger partial charge in [0.05, 0.1) is 26.0 Å². The average molecular weight is 228 g/mol. The normalized spacial score (nSPS) is 10.3. The van der Waals surface area contributed by atoms with Crippen LogP contribution in [-0.2, 0) is 9.47 Å². The number of aromatic amines is 1.